The lowest BCUT2D eigenvalue weighted by molar-refractivity contribution is 0.242. The maximum atomic E-state index is 13.2. The van der Waals surface area contributed by atoms with E-state index in [2.05, 4.69) is 5.32 Å². The van der Waals surface area contributed by atoms with E-state index in [4.69, 9.17) is 0 Å². The van der Waals surface area contributed by atoms with E-state index in [1.807, 2.05) is 30.3 Å². The van der Waals surface area contributed by atoms with Crippen molar-refractivity contribution in [1.29, 1.82) is 0 Å². The molecule has 0 saturated heterocycles. The summed E-state index contributed by atoms with van der Waals surface area (Å²) >= 11 is 0. The van der Waals surface area contributed by atoms with Crippen LogP contribution in [0.4, 0.5) is 13.2 Å². The minimum absolute atomic E-state index is 0.167. The van der Waals surface area contributed by atoms with Crippen molar-refractivity contribution in [3.63, 3.8) is 0 Å². The highest BCUT2D eigenvalue weighted by Gasteiger charge is 2.16. The van der Waals surface area contributed by atoms with E-state index >= 15 is 0 Å². The molecule has 0 bridgehead atoms. The first-order valence-corrected chi connectivity index (χ1v) is 6.14. The Morgan fingerprint density at radius 1 is 1.00 bits per heavy atom. The Kier molecular flexibility index (Phi) is 4.76. The first-order valence-electron chi connectivity index (χ1n) is 6.14. The Morgan fingerprint density at radius 2 is 1.60 bits per heavy atom. The van der Waals surface area contributed by atoms with Crippen molar-refractivity contribution >= 4 is 0 Å². The molecular formula is C15H14F3NO. The molecule has 0 saturated carbocycles. The zero-order chi connectivity index (χ0) is 14.5. The van der Waals surface area contributed by atoms with Crippen LogP contribution in [0.3, 0.4) is 0 Å². The lowest BCUT2D eigenvalue weighted by atomic mass is 10.1. The number of nitrogens with one attached hydrogen (secondary N) is 1. The molecule has 0 aliphatic carbocycles. The van der Waals surface area contributed by atoms with Crippen LogP contribution >= 0.6 is 0 Å². The molecule has 0 spiro atoms. The van der Waals surface area contributed by atoms with Gasteiger partial charge in [0.05, 0.1) is 12.6 Å². The second-order valence-corrected chi connectivity index (χ2v) is 4.40. The second-order valence-electron chi connectivity index (χ2n) is 4.40. The third-order valence-corrected chi connectivity index (χ3v) is 2.99. The minimum Gasteiger partial charge on any atom is -0.394 e. The fourth-order valence-corrected chi connectivity index (χ4v) is 1.90. The predicted octanol–water partition coefficient (Wildman–Crippen LogP) is 2.93. The van der Waals surface area contributed by atoms with E-state index in [1.165, 1.54) is 0 Å². The summed E-state index contributed by atoms with van der Waals surface area (Å²) in [5.74, 6) is -4.03. The molecular weight excluding hydrogens is 267 g/mol. The van der Waals surface area contributed by atoms with Gasteiger partial charge in [0.2, 0.25) is 0 Å². The molecule has 1 atom stereocenters. The summed E-state index contributed by atoms with van der Waals surface area (Å²) in [5.41, 5.74) is 1.13. The van der Waals surface area contributed by atoms with Crippen LogP contribution in [0.5, 0.6) is 0 Å². The largest absolute Gasteiger partial charge is 0.394 e. The van der Waals surface area contributed by atoms with Gasteiger partial charge in [0.1, 0.15) is 0 Å². The lowest BCUT2D eigenvalue weighted by Crippen LogP contribution is -2.24. The maximum absolute atomic E-state index is 13.2. The van der Waals surface area contributed by atoms with Gasteiger partial charge >= 0.3 is 0 Å². The SMILES string of the molecule is OCC(NCc1ccccc1)c1cc(F)c(F)c(F)c1. The Morgan fingerprint density at radius 3 is 2.15 bits per heavy atom. The Hall–Kier alpha value is -1.85. The lowest BCUT2D eigenvalue weighted by Gasteiger charge is -2.17. The number of benzene rings is 2. The molecule has 0 aromatic heterocycles. The van der Waals surface area contributed by atoms with Crippen LogP contribution in [-0.2, 0) is 6.54 Å². The van der Waals surface area contributed by atoms with E-state index in [-0.39, 0.29) is 12.2 Å². The third kappa shape index (κ3) is 3.37. The molecule has 106 valence electrons. The summed E-state index contributed by atoms with van der Waals surface area (Å²) < 4.78 is 39.2. The number of halogens is 3. The summed E-state index contributed by atoms with van der Waals surface area (Å²) in [6.45, 7) is 0.0734. The summed E-state index contributed by atoms with van der Waals surface area (Å²) in [6.07, 6.45) is 0. The quantitative estimate of drug-likeness (QED) is 0.826. The molecule has 20 heavy (non-hydrogen) atoms. The van der Waals surface area contributed by atoms with Crippen LogP contribution in [0.25, 0.3) is 0 Å². The predicted molar refractivity (Wildman–Crippen MR) is 69.4 cm³/mol. The highest BCUT2D eigenvalue weighted by molar-refractivity contribution is 5.23. The number of rotatable bonds is 5. The smallest absolute Gasteiger partial charge is 0.194 e. The summed E-state index contributed by atoms with van der Waals surface area (Å²) in [6, 6.07) is 10.5. The monoisotopic (exact) mass is 281 g/mol. The fraction of sp³-hybridized carbons (Fsp3) is 0.200. The van der Waals surface area contributed by atoms with Gasteiger partial charge in [-0.05, 0) is 23.3 Å². The van der Waals surface area contributed by atoms with Gasteiger partial charge in [0.15, 0.2) is 17.5 Å². The van der Waals surface area contributed by atoms with E-state index in [1.54, 1.807) is 0 Å². The van der Waals surface area contributed by atoms with Crippen molar-refractivity contribution in [3.05, 3.63) is 71.0 Å². The Labute approximate surface area is 114 Å². The molecule has 2 rings (SSSR count). The first kappa shape index (κ1) is 14.6. The third-order valence-electron chi connectivity index (χ3n) is 2.99. The molecule has 5 heteroatoms. The van der Waals surface area contributed by atoms with Crippen LogP contribution in [-0.4, -0.2) is 11.7 Å². The van der Waals surface area contributed by atoms with Crippen molar-refractivity contribution < 1.29 is 18.3 Å². The maximum Gasteiger partial charge on any atom is 0.194 e. The Balaban J connectivity index is 2.12. The number of aliphatic hydroxyl groups is 1. The molecule has 0 heterocycles. The van der Waals surface area contributed by atoms with Crippen molar-refractivity contribution in [3.8, 4) is 0 Å². The Bertz CT molecular complexity index is 552. The fourth-order valence-electron chi connectivity index (χ4n) is 1.90. The molecule has 2 aromatic rings. The van der Waals surface area contributed by atoms with Gasteiger partial charge in [-0.2, -0.15) is 0 Å². The second kappa shape index (κ2) is 6.54. The molecule has 1 unspecified atom stereocenters. The van der Waals surface area contributed by atoms with Crippen molar-refractivity contribution in [2.45, 2.75) is 12.6 Å². The number of hydrogen-bond acceptors (Lipinski definition) is 2. The summed E-state index contributed by atoms with van der Waals surface area (Å²) in [5, 5.41) is 12.3. The van der Waals surface area contributed by atoms with Gasteiger partial charge in [0, 0.05) is 6.54 Å². The van der Waals surface area contributed by atoms with Gasteiger partial charge in [-0.1, -0.05) is 30.3 Å². The summed E-state index contributed by atoms with van der Waals surface area (Å²) in [7, 11) is 0. The van der Waals surface area contributed by atoms with Crippen LogP contribution in [0.15, 0.2) is 42.5 Å². The standard InChI is InChI=1S/C15H14F3NO/c16-12-6-11(7-13(17)15(12)18)14(9-20)19-8-10-4-2-1-3-5-10/h1-7,14,19-20H,8-9H2. The highest BCUT2D eigenvalue weighted by atomic mass is 19.2. The van der Waals surface area contributed by atoms with Crippen molar-refractivity contribution in [2.75, 3.05) is 6.61 Å². The molecule has 0 amide bonds. The normalized spacial score (nSPS) is 12.4. The minimum atomic E-state index is -1.51. The molecule has 0 aliphatic heterocycles. The average molecular weight is 281 g/mol. The zero-order valence-corrected chi connectivity index (χ0v) is 10.6. The van der Waals surface area contributed by atoms with Gasteiger partial charge in [-0.3, -0.25) is 0 Å². The molecule has 0 radical (unpaired) electrons. The van der Waals surface area contributed by atoms with Gasteiger partial charge < -0.3 is 10.4 Å². The number of aliphatic hydroxyl groups excluding tert-OH is 1. The molecule has 2 aromatic carbocycles. The molecule has 0 aliphatic rings. The van der Waals surface area contributed by atoms with E-state index < -0.39 is 23.5 Å². The summed E-state index contributed by atoms with van der Waals surface area (Å²) in [4.78, 5) is 0. The molecule has 2 N–H and O–H groups in total. The van der Waals surface area contributed by atoms with Crippen LogP contribution in [0.2, 0.25) is 0 Å². The average Bonchev–Trinajstić information content (AvgIpc) is 2.46. The highest BCUT2D eigenvalue weighted by Crippen LogP contribution is 2.19. The zero-order valence-electron chi connectivity index (χ0n) is 10.6. The van der Waals surface area contributed by atoms with Crippen LogP contribution < -0.4 is 5.32 Å². The van der Waals surface area contributed by atoms with E-state index in [0.717, 1.165) is 17.7 Å². The van der Waals surface area contributed by atoms with Crippen LogP contribution in [0, 0.1) is 17.5 Å². The molecule has 0 fully saturated rings. The number of hydrogen-bond donors (Lipinski definition) is 2. The van der Waals surface area contributed by atoms with Gasteiger partial charge in [-0.25, -0.2) is 13.2 Å². The van der Waals surface area contributed by atoms with Gasteiger partial charge in [-0.15, -0.1) is 0 Å². The van der Waals surface area contributed by atoms with Crippen molar-refractivity contribution in [2.24, 2.45) is 0 Å². The molecule has 2 nitrogen and oxygen atoms in total. The van der Waals surface area contributed by atoms with Crippen molar-refractivity contribution in [1.82, 2.24) is 5.32 Å². The van der Waals surface area contributed by atoms with Crippen LogP contribution in [0.1, 0.15) is 17.2 Å². The van der Waals surface area contributed by atoms with E-state index in [9.17, 15) is 18.3 Å². The first-order chi connectivity index (χ1) is 9.61. The van der Waals surface area contributed by atoms with E-state index in [0.29, 0.717) is 6.54 Å². The van der Waals surface area contributed by atoms with Gasteiger partial charge in [0.25, 0.3) is 0 Å². The topological polar surface area (TPSA) is 32.3 Å².